The third kappa shape index (κ3) is 3.36. The minimum atomic E-state index is -0.100. The lowest BCUT2D eigenvalue weighted by Gasteiger charge is -2.18. The van der Waals surface area contributed by atoms with Crippen molar-refractivity contribution < 1.29 is 14.3 Å². The molecule has 5 rings (SSSR count). The molecule has 1 aliphatic heterocycles. The number of aromatic nitrogens is 2. The minimum absolute atomic E-state index is 0.00542. The van der Waals surface area contributed by atoms with Crippen molar-refractivity contribution in [2.45, 2.75) is 13.0 Å². The van der Waals surface area contributed by atoms with Crippen LogP contribution in [0.25, 0.3) is 10.9 Å². The molecule has 0 fully saturated rings. The molecular formula is C25H21N3O3. The maximum atomic E-state index is 13.2. The molecule has 6 nitrogen and oxygen atoms in total. The molecule has 0 saturated carbocycles. The lowest BCUT2D eigenvalue weighted by atomic mass is 10.0. The van der Waals surface area contributed by atoms with Crippen molar-refractivity contribution >= 4 is 28.3 Å². The molecule has 2 aromatic heterocycles. The van der Waals surface area contributed by atoms with E-state index in [0.29, 0.717) is 23.4 Å². The summed E-state index contributed by atoms with van der Waals surface area (Å²) in [6.45, 7) is 0.819. The Balaban J connectivity index is 1.48. The van der Waals surface area contributed by atoms with E-state index in [2.05, 4.69) is 11.1 Å². The van der Waals surface area contributed by atoms with Gasteiger partial charge < -0.3 is 14.2 Å². The lowest BCUT2D eigenvalue weighted by molar-refractivity contribution is -0.119. The number of benzene rings is 2. The van der Waals surface area contributed by atoms with E-state index in [1.54, 1.807) is 50.0 Å². The summed E-state index contributed by atoms with van der Waals surface area (Å²) in [6, 6.07) is 16.8. The second kappa shape index (κ2) is 7.72. The number of rotatable bonds is 5. The van der Waals surface area contributed by atoms with Gasteiger partial charge in [-0.2, -0.15) is 0 Å². The van der Waals surface area contributed by atoms with Gasteiger partial charge in [0.15, 0.2) is 5.78 Å². The smallest absolute Gasteiger partial charge is 0.246 e. The first-order chi connectivity index (χ1) is 15.2. The van der Waals surface area contributed by atoms with Gasteiger partial charge in [-0.1, -0.05) is 18.2 Å². The summed E-state index contributed by atoms with van der Waals surface area (Å²) in [7, 11) is 1.59. The number of amides is 1. The van der Waals surface area contributed by atoms with E-state index in [-0.39, 0.29) is 18.2 Å². The molecule has 0 N–H and O–H groups in total. The topological polar surface area (TPSA) is 64.4 Å². The third-order valence-electron chi connectivity index (χ3n) is 5.78. The molecule has 6 heteroatoms. The largest absolute Gasteiger partial charge is 0.497 e. The number of carbonyl (C=O) groups is 2. The van der Waals surface area contributed by atoms with Crippen LogP contribution in [0.1, 0.15) is 21.5 Å². The standard InChI is InChI=1S/C25H21N3O3/c1-31-19-8-6-18(7-9-19)25(30)21-15-27(23-14-26-12-10-20(21)23)16-24(29)28-13-11-17-4-2-3-5-22(17)28/h2-10,12,14-15H,11,13,16H2,1H3. The number of fused-ring (bicyclic) bond motifs is 2. The number of pyridine rings is 1. The fraction of sp³-hybridized carbons (Fsp3) is 0.160. The number of nitrogens with zero attached hydrogens (tertiary/aromatic N) is 3. The van der Waals surface area contributed by atoms with Crippen LogP contribution in [0.4, 0.5) is 5.69 Å². The van der Waals surface area contributed by atoms with E-state index in [9.17, 15) is 9.59 Å². The molecule has 31 heavy (non-hydrogen) atoms. The van der Waals surface area contributed by atoms with Crippen molar-refractivity contribution in [3.05, 3.63) is 89.9 Å². The van der Waals surface area contributed by atoms with Crippen LogP contribution in [0, 0.1) is 0 Å². The Labute approximate surface area is 179 Å². The first-order valence-corrected chi connectivity index (χ1v) is 10.2. The first kappa shape index (κ1) is 19.1. The highest BCUT2D eigenvalue weighted by molar-refractivity contribution is 6.16. The fourth-order valence-corrected chi connectivity index (χ4v) is 4.18. The number of para-hydroxylation sites is 1. The molecule has 0 atom stereocenters. The Morgan fingerprint density at radius 1 is 1.06 bits per heavy atom. The van der Waals surface area contributed by atoms with Crippen molar-refractivity contribution in [2.24, 2.45) is 0 Å². The maximum Gasteiger partial charge on any atom is 0.246 e. The summed E-state index contributed by atoms with van der Waals surface area (Å²) in [5.41, 5.74) is 4.04. The molecule has 1 amide bonds. The number of anilines is 1. The summed E-state index contributed by atoms with van der Waals surface area (Å²) in [5.74, 6) is 0.588. The quantitative estimate of drug-likeness (QED) is 0.468. The van der Waals surface area contributed by atoms with Crippen molar-refractivity contribution in [1.29, 1.82) is 0 Å². The summed E-state index contributed by atoms with van der Waals surface area (Å²) in [4.78, 5) is 32.4. The van der Waals surface area contributed by atoms with Gasteiger partial charge in [-0.05, 0) is 48.4 Å². The lowest BCUT2D eigenvalue weighted by Crippen LogP contribution is -2.32. The van der Waals surface area contributed by atoms with Crippen LogP contribution >= 0.6 is 0 Å². The van der Waals surface area contributed by atoms with E-state index >= 15 is 0 Å². The molecule has 3 heterocycles. The molecule has 0 spiro atoms. The monoisotopic (exact) mass is 411 g/mol. The zero-order valence-corrected chi connectivity index (χ0v) is 17.1. The highest BCUT2D eigenvalue weighted by Crippen LogP contribution is 2.29. The van der Waals surface area contributed by atoms with E-state index < -0.39 is 0 Å². The average Bonchev–Trinajstić information content (AvgIpc) is 3.41. The SMILES string of the molecule is COc1ccc(C(=O)c2cn(CC(=O)N3CCc4ccccc43)c3cnccc23)cc1. The van der Waals surface area contributed by atoms with E-state index in [1.165, 1.54) is 5.56 Å². The number of hydrogen-bond donors (Lipinski definition) is 0. The number of carbonyl (C=O) groups excluding carboxylic acids is 2. The first-order valence-electron chi connectivity index (χ1n) is 10.2. The minimum Gasteiger partial charge on any atom is -0.497 e. The van der Waals surface area contributed by atoms with Crippen molar-refractivity contribution in [1.82, 2.24) is 9.55 Å². The predicted molar refractivity (Wildman–Crippen MR) is 119 cm³/mol. The number of methoxy groups -OCH3 is 1. The van der Waals surface area contributed by atoms with Gasteiger partial charge in [0.1, 0.15) is 12.3 Å². The molecule has 1 aliphatic rings. The van der Waals surface area contributed by atoms with Crippen LogP contribution in [-0.4, -0.2) is 34.9 Å². The molecular weight excluding hydrogens is 390 g/mol. The zero-order chi connectivity index (χ0) is 21.4. The number of ketones is 1. The Hall–Kier alpha value is -3.93. The Bertz CT molecular complexity index is 1290. The van der Waals surface area contributed by atoms with E-state index in [0.717, 1.165) is 23.0 Å². The number of ether oxygens (including phenoxy) is 1. The van der Waals surface area contributed by atoms with Crippen LogP contribution in [-0.2, 0) is 17.8 Å². The second-order valence-corrected chi connectivity index (χ2v) is 7.55. The fourth-order valence-electron chi connectivity index (χ4n) is 4.18. The summed E-state index contributed by atoms with van der Waals surface area (Å²) in [6.07, 6.45) is 5.98. The van der Waals surface area contributed by atoms with Crippen LogP contribution in [0.3, 0.4) is 0 Å². The van der Waals surface area contributed by atoms with E-state index in [4.69, 9.17) is 4.74 Å². The molecule has 0 aliphatic carbocycles. The zero-order valence-electron chi connectivity index (χ0n) is 17.1. The normalized spacial score (nSPS) is 12.7. The molecule has 2 aromatic carbocycles. The highest BCUT2D eigenvalue weighted by atomic mass is 16.5. The predicted octanol–water partition coefficient (Wildman–Crippen LogP) is 3.87. The molecule has 0 unspecified atom stereocenters. The maximum absolute atomic E-state index is 13.2. The molecule has 0 bridgehead atoms. The van der Waals surface area contributed by atoms with Crippen molar-refractivity contribution in [3.8, 4) is 5.75 Å². The van der Waals surface area contributed by atoms with Crippen molar-refractivity contribution in [2.75, 3.05) is 18.6 Å². The average molecular weight is 411 g/mol. The van der Waals surface area contributed by atoms with Gasteiger partial charge in [-0.3, -0.25) is 14.6 Å². The Morgan fingerprint density at radius 3 is 2.68 bits per heavy atom. The van der Waals surface area contributed by atoms with Gasteiger partial charge in [0, 0.05) is 41.1 Å². The molecule has 154 valence electrons. The second-order valence-electron chi connectivity index (χ2n) is 7.55. The van der Waals surface area contributed by atoms with Gasteiger partial charge in [0.25, 0.3) is 0 Å². The number of hydrogen-bond acceptors (Lipinski definition) is 4. The Morgan fingerprint density at radius 2 is 1.87 bits per heavy atom. The highest BCUT2D eigenvalue weighted by Gasteiger charge is 2.25. The summed E-state index contributed by atoms with van der Waals surface area (Å²) >= 11 is 0. The van der Waals surface area contributed by atoms with Crippen molar-refractivity contribution in [3.63, 3.8) is 0 Å². The molecule has 0 saturated heterocycles. The summed E-state index contributed by atoms with van der Waals surface area (Å²) in [5, 5.41) is 0.783. The van der Waals surface area contributed by atoms with Crippen LogP contribution < -0.4 is 9.64 Å². The van der Waals surface area contributed by atoms with Gasteiger partial charge in [0.2, 0.25) is 5.91 Å². The van der Waals surface area contributed by atoms with Gasteiger partial charge in [-0.15, -0.1) is 0 Å². The van der Waals surface area contributed by atoms with Crippen LogP contribution in [0.15, 0.2) is 73.2 Å². The van der Waals surface area contributed by atoms with Crippen LogP contribution in [0.2, 0.25) is 0 Å². The van der Waals surface area contributed by atoms with Gasteiger partial charge in [0.05, 0.1) is 18.8 Å². The van der Waals surface area contributed by atoms with Gasteiger partial charge in [-0.25, -0.2) is 0 Å². The van der Waals surface area contributed by atoms with Gasteiger partial charge >= 0.3 is 0 Å². The summed E-state index contributed by atoms with van der Waals surface area (Å²) < 4.78 is 7.00. The van der Waals surface area contributed by atoms with E-state index in [1.807, 2.05) is 33.7 Å². The third-order valence-corrected chi connectivity index (χ3v) is 5.78. The molecule has 0 radical (unpaired) electrons. The van der Waals surface area contributed by atoms with Crippen LogP contribution in [0.5, 0.6) is 5.75 Å². The molecule has 4 aromatic rings. The Kier molecular flexibility index (Phi) is 4.75.